The second kappa shape index (κ2) is 4.19. The highest BCUT2D eigenvalue weighted by Gasteiger charge is 2.14. The van der Waals surface area contributed by atoms with Gasteiger partial charge in [-0.1, -0.05) is 22.8 Å². The molecule has 5 nitrogen and oxygen atoms in total. The molecule has 0 bridgehead atoms. The molecule has 0 atom stereocenters. The maximum atomic E-state index is 5.95. The summed E-state index contributed by atoms with van der Waals surface area (Å²) in [5, 5.41) is 4.35. The first-order chi connectivity index (χ1) is 8.75. The standard InChI is InChI=1S/C12H9ClN4O/c13-8-4-1-3-7(10(8)14)12-16-11(17-18-12)9-5-2-6-15-9/h1-6,15H,14H2. The molecule has 6 heteroatoms. The molecule has 0 fully saturated rings. The number of nitrogens with one attached hydrogen (secondary N) is 1. The van der Waals surface area contributed by atoms with Crippen molar-refractivity contribution < 1.29 is 4.52 Å². The largest absolute Gasteiger partial charge is 0.397 e. The Hall–Kier alpha value is -2.27. The van der Waals surface area contributed by atoms with Crippen LogP contribution in [0.3, 0.4) is 0 Å². The predicted molar refractivity (Wildman–Crippen MR) is 68.9 cm³/mol. The van der Waals surface area contributed by atoms with E-state index in [-0.39, 0.29) is 0 Å². The summed E-state index contributed by atoms with van der Waals surface area (Å²) >= 11 is 5.95. The van der Waals surface area contributed by atoms with E-state index in [4.69, 9.17) is 21.9 Å². The summed E-state index contributed by atoms with van der Waals surface area (Å²) in [7, 11) is 0. The lowest BCUT2D eigenvalue weighted by Crippen LogP contribution is -1.91. The van der Waals surface area contributed by atoms with Crippen LogP contribution in [0.15, 0.2) is 41.1 Å². The summed E-state index contributed by atoms with van der Waals surface area (Å²) in [5.41, 5.74) is 7.72. The van der Waals surface area contributed by atoms with E-state index in [1.54, 1.807) is 24.4 Å². The fourth-order valence-corrected chi connectivity index (χ4v) is 1.81. The van der Waals surface area contributed by atoms with Gasteiger partial charge in [0.2, 0.25) is 5.82 Å². The van der Waals surface area contributed by atoms with Gasteiger partial charge in [0, 0.05) is 6.20 Å². The number of aromatic amines is 1. The Balaban J connectivity index is 2.06. The minimum atomic E-state index is 0.347. The molecule has 0 aliphatic heterocycles. The number of aromatic nitrogens is 3. The Labute approximate surface area is 108 Å². The van der Waals surface area contributed by atoms with E-state index >= 15 is 0 Å². The van der Waals surface area contributed by atoms with Crippen LogP contribution >= 0.6 is 11.6 Å². The second-order valence-corrected chi connectivity index (χ2v) is 4.12. The molecule has 3 N–H and O–H groups in total. The first-order valence-corrected chi connectivity index (χ1v) is 5.65. The topological polar surface area (TPSA) is 80.7 Å². The van der Waals surface area contributed by atoms with Crippen molar-refractivity contribution in [3.63, 3.8) is 0 Å². The van der Waals surface area contributed by atoms with Crippen LogP contribution in [-0.2, 0) is 0 Å². The number of para-hydroxylation sites is 1. The zero-order valence-electron chi connectivity index (χ0n) is 9.22. The zero-order valence-corrected chi connectivity index (χ0v) is 9.98. The average molecular weight is 261 g/mol. The van der Waals surface area contributed by atoms with Crippen LogP contribution < -0.4 is 5.73 Å². The number of nitrogen functional groups attached to an aromatic ring is 1. The lowest BCUT2D eigenvalue weighted by molar-refractivity contribution is 0.432. The average Bonchev–Trinajstić information content (AvgIpc) is 3.01. The molecule has 1 aromatic carbocycles. The van der Waals surface area contributed by atoms with Crippen molar-refractivity contribution in [2.75, 3.05) is 5.73 Å². The molecule has 3 aromatic rings. The third-order valence-corrected chi connectivity index (χ3v) is 2.88. The number of hydrogen-bond acceptors (Lipinski definition) is 4. The Morgan fingerprint density at radius 3 is 2.89 bits per heavy atom. The molecule has 3 rings (SSSR count). The molecule has 0 saturated heterocycles. The molecule has 0 aliphatic carbocycles. The van der Waals surface area contributed by atoms with Gasteiger partial charge in [0.05, 0.1) is 22.0 Å². The van der Waals surface area contributed by atoms with E-state index in [0.29, 0.717) is 28.0 Å². The summed E-state index contributed by atoms with van der Waals surface area (Å²) in [4.78, 5) is 7.28. The van der Waals surface area contributed by atoms with Crippen molar-refractivity contribution in [2.24, 2.45) is 0 Å². The van der Waals surface area contributed by atoms with Crippen molar-refractivity contribution in [3.05, 3.63) is 41.6 Å². The normalized spacial score (nSPS) is 10.7. The van der Waals surface area contributed by atoms with Crippen molar-refractivity contribution >= 4 is 17.3 Å². The van der Waals surface area contributed by atoms with Crippen LogP contribution in [0.1, 0.15) is 0 Å². The number of nitrogens with two attached hydrogens (primary N) is 1. The summed E-state index contributed by atoms with van der Waals surface area (Å²) in [6, 6.07) is 9.00. The van der Waals surface area contributed by atoms with Gasteiger partial charge in [-0.3, -0.25) is 0 Å². The maximum absolute atomic E-state index is 5.95. The first kappa shape index (κ1) is 10.9. The Kier molecular flexibility index (Phi) is 2.53. The second-order valence-electron chi connectivity index (χ2n) is 3.71. The fraction of sp³-hybridized carbons (Fsp3) is 0. The number of benzene rings is 1. The smallest absolute Gasteiger partial charge is 0.260 e. The molecule has 0 aliphatic rings. The van der Waals surface area contributed by atoms with Gasteiger partial charge in [0.15, 0.2) is 0 Å². The van der Waals surface area contributed by atoms with E-state index in [9.17, 15) is 0 Å². The van der Waals surface area contributed by atoms with Crippen LogP contribution in [0, 0.1) is 0 Å². The van der Waals surface area contributed by atoms with Gasteiger partial charge >= 0.3 is 0 Å². The van der Waals surface area contributed by atoms with Crippen LogP contribution in [0.25, 0.3) is 23.0 Å². The number of hydrogen-bond donors (Lipinski definition) is 2. The molecule has 2 aromatic heterocycles. The van der Waals surface area contributed by atoms with Crippen molar-refractivity contribution in [1.82, 2.24) is 15.1 Å². The number of rotatable bonds is 2. The van der Waals surface area contributed by atoms with Crippen molar-refractivity contribution in [3.8, 4) is 23.0 Å². The highest BCUT2D eigenvalue weighted by atomic mass is 35.5. The summed E-state index contributed by atoms with van der Waals surface area (Å²) in [6.45, 7) is 0. The third-order valence-electron chi connectivity index (χ3n) is 2.55. The van der Waals surface area contributed by atoms with Gasteiger partial charge in [0.25, 0.3) is 5.89 Å². The van der Waals surface area contributed by atoms with Gasteiger partial charge in [0.1, 0.15) is 0 Å². The van der Waals surface area contributed by atoms with Crippen LogP contribution in [0.5, 0.6) is 0 Å². The van der Waals surface area contributed by atoms with E-state index in [1.807, 2.05) is 12.1 Å². The third kappa shape index (κ3) is 1.74. The number of H-pyrrole nitrogens is 1. The molecular weight excluding hydrogens is 252 g/mol. The highest BCUT2D eigenvalue weighted by Crippen LogP contribution is 2.31. The van der Waals surface area contributed by atoms with Gasteiger partial charge in [-0.05, 0) is 24.3 Å². The minimum Gasteiger partial charge on any atom is -0.397 e. The SMILES string of the molecule is Nc1c(Cl)cccc1-c1nc(-c2ccc[nH]2)no1. The number of nitrogens with zero attached hydrogens (tertiary/aromatic N) is 2. The van der Waals surface area contributed by atoms with Gasteiger partial charge in [-0.25, -0.2) is 0 Å². The summed E-state index contributed by atoms with van der Waals surface area (Å²) in [5.74, 6) is 0.828. The van der Waals surface area contributed by atoms with Crippen LogP contribution in [-0.4, -0.2) is 15.1 Å². The molecule has 0 saturated carbocycles. The molecule has 0 radical (unpaired) electrons. The van der Waals surface area contributed by atoms with E-state index in [1.165, 1.54) is 0 Å². The van der Waals surface area contributed by atoms with E-state index in [2.05, 4.69) is 15.1 Å². The Bertz CT molecular complexity index is 675. The van der Waals surface area contributed by atoms with Crippen LogP contribution in [0.2, 0.25) is 5.02 Å². The molecule has 18 heavy (non-hydrogen) atoms. The molecule has 0 spiro atoms. The summed E-state index contributed by atoms with van der Waals surface area (Å²) < 4.78 is 5.19. The Morgan fingerprint density at radius 2 is 2.11 bits per heavy atom. The summed E-state index contributed by atoms with van der Waals surface area (Å²) in [6.07, 6.45) is 1.79. The molecule has 0 unspecified atom stereocenters. The predicted octanol–water partition coefficient (Wildman–Crippen LogP) is 2.97. The maximum Gasteiger partial charge on any atom is 0.260 e. The number of halogens is 1. The van der Waals surface area contributed by atoms with E-state index < -0.39 is 0 Å². The Morgan fingerprint density at radius 1 is 1.22 bits per heavy atom. The van der Waals surface area contributed by atoms with Crippen LogP contribution in [0.4, 0.5) is 5.69 Å². The molecule has 2 heterocycles. The zero-order chi connectivity index (χ0) is 12.5. The fourth-order valence-electron chi connectivity index (χ4n) is 1.64. The quantitative estimate of drug-likeness (QED) is 0.694. The van der Waals surface area contributed by atoms with Gasteiger partial charge in [-0.15, -0.1) is 0 Å². The van der Waals surface area contributed by atoms with Crippen molar-refractivity contribution in [2.45, 2.75) is 0 Å². The monoisotopic (exact) mass is 260 g/mol. The number of anilines is 1. The van der Waals surface area contributed by atoms with Crippen molar-refractivity contribution in [1.29, 1.82) is 0 Å². The highest BCUT2D eigenvalue weighted by molar-refractivity contribution is 6.33. The van der Waals surface area contributed by atoms with Gasteiger partial charge in [-0.2, -0.15) is 4.98 Å². The lowest BCUT2D eigenvalue weighted by Gasteiger charge is -2.01. The molecular formula is C12H9ClN4O. The van der Waals surface area contributed by atoms with Gasteiger partial charge < -0.3 is 15.2 Å². The first-order valence-electron chi connectivity index (χ1n) is 5.27. The van der Waals surface area contributed by atoms with E-state index in [0.717, 1.165) is 5.69 Å². The molecule has 0 amide bonds. The minimum absolute atomic E-state index is 0.347. The lowest BCUT2D eigenvalue weighted by atomic mass is 10.2. The molecule has 90 valence electrons.